The maximum absolute atomic E-state index is 13.6. The molecule has 2 fully saturated rings. The fourth-order valence-electron chi connectivity index (χ4n) is 5.45. The SMILES string of the molecule is CC(C)c1ccc(NC(=O)CN2C(=O)[C@@H]3CCCCN3c3ccc(C(=O)N4CCCC4)cc32)cc1. The Balaban J connectivity index is 1.41. The van der Waals surface area contributed by atoms with Crippen molar-refractivity contribution in [1.82, 2.24) is 4.90 Å². The van der Waals surface area contributed by atoms with E-state index in [0.29, 0.717) is 22.9 Å². The van der Waals surface area contributed by atoms with Gasteiger partial charge < -0.3 is 15.1 Å². The van der Waals surface area contributed by atoms with E-state index in [1.54, 1.807) is 4.90 Å². The molecule has 5 rings (SSSR count). The van der Waals surface area contributed by atoms with Crippen molar-refractivity contribution in [1.29, 1.82) is 0 Å². The highest BCUT2D eigenvalue weighted by molar-refractivity contribution is 6.11. The number of rotatable bonds is 5. The molecule has 184 valence electrons. The molecule has 2 aromatic rings. The van der Waals surface area contributed by atoms with Crippen LogP contribution in [0, 0.1) is 0 Å². The van der Waals surface area contributed by atoms with E-state index in [1.165, 1.54) is 5.56 Å². The van der Waals surface area contributed by atoms with Gasteiger partial charge in [-0.3, -0.25) is 19.3 Å². The zero-order valence-electron chi connectivity index (χ0n) is 20.6. The Morgan fingerprint density at radius 2 is 1.66 bits per heavy atom. The average molecular weight is 475 g/mol. The number of hydrogen-bond donors (Lipinski definition) is 1. The second kappa shape index (κ2) is 9.72. The molecule has 0 radical (unpaired) electrons. The lowest BCUT2D eigenvalue weighted by molar-refractivity contribution is -0.123. The molecular formula is C28H34N4O3. The molecule has 35 heavy (non-hydrogen) atoms. The van der Waals surface area contributed by atoms with Gasteiger partial charge in [-0.05, 0) is 73.9 Å². The van der Waals surface area contributed by atoms with Crippen LogP contribution in [0.2, 0.25) is 0 Å². The predicted octanol–water partition coefficient (Wildman–Crippen LogP) is 4.39. The molecule has 3 aliphatic rings. The van der Waals surface area contributed by atoms with Crippen LogP contribution >= 0.6 is 0 Å². The summed E-state index contributed by atoms with van der Waals surface area (Å²) < 4.78 is 0. The zero-order valence-corrected chi connectivity index (χ0v) is 20.6. The first-order chi connectivity index (χ1) is 16.9. The minimum atomic E-state index is -0.255. The highest BCUT2D eigenvalue weighted by Crippen LogP contribution is 2.40. The predicted molar refractivity (Wildman–Crippen MR) is 138 cm³/mol. The number of nitrogens with zero attached hydrogens (tertiary/aromatic N) is 3. The summed E-state index contributed by atoms with van der Waals surface area (Å²) in [5, 5.41) is 2.94. The molecule has 2 aromatic carbocycles. The van der Waals surface area contributed by atoms with Crippen LogP contribution in [-0.2, 0) is 9.59 Å². The number of fused-ring (bicyclic) bond motifs is 3. The summed E-state index contributed by atoms with van der Waals surface area (Å²) >= 11 is 0. The Kier molecular flexibility index (Phi) is 6.50. The van der Waals surface area contributed by atoms with E-state index in [-0.39, 0.29) is 30.3 Å². The molecule has 7 nitrogen and oxygen atoms in total. The summed E-state index contributed by atoms with van der Waals surface area (Å²) in [6.45, 7) is 6.53. The van der Waals surface area contributed by atoms with Gasteiger partial charge in [0.25, 0.3) is 5.91 Å². The molecule has 1 N–H and O–H groups in total. The maximum Gasteiger partial charge on any atom is 0.253 e. The largest absolute Gasteiger partial charge is 0.358 e. The first-order valence-corrected chi connectivity index (χ1v) is 12.8. The van der Waals surface area contributed by atoms with Crippen molar-refractivity contribution in [3.8, 4) is 0 Å². The third-order valence-corrected chi connectivity index (χ3v) is 7.43. The molecule has 0 bridgehead atoms. The van der Waals surface area contributed by atoms with Gasteiger partial charge in [-0.15, -0.1) is 0 Å². The Morgan fingerprint density at radius 1 is 0.943 bits per heavy atom. The van der Waals surface area contributed by atoms with Gasteiger partial charge in [-0.2, -0.15) is 0 Å². The standard InChI is InChI=1S/C28H34N4O3/c1-19(2)20-8-11-22(12-9-20)29-26(33)18-32-25-17-21(27(34)30-14-5-6-15-30)10-13-23(25)31-16-4-3-7-24(31)28(32)35/h8-13,17,19,24H,3-7,14-16,18H2,1-2H3,(H,29,33)/t24-/m0/s1. The molecule has 3 aliphatic heterocycles. The average Bonchev–Trinajstić information content (AvgIpc) is 3.41. The van der Waals surface area contributed by atoms with Gasteiger partial charge in [0.15, 0.2) is 0 Å². The van der Waals surface area contributed by atoms with E-state index in [2.05, 4.69) is 24.1 Å². The molecule has 0 aromatic heterocycles. The number of anilines is 3. The number of nitrogens with one attached hydrogen (secondary N) is 1. The molecule has 1 atom stereocenters. The van der Waals surface area contributed by atoms with Crippen molar-refractivity contribution in [2.24, 2.45) is 0 Å². The Bertz CT molecular complexity index is 1120. The lowest BCUT2D eigenvalue weighted by Gasteiger charge is -2.45. The number of piperidine rings is 1. The van der Waals surface area contributed by atoms with Crippen LogP contribution in [0.4, 0.5) is 17.1 Å². The van der Waals surface area contributed by atoms with E-state index in [0.717, 1.165) is 57.4 Å². The highest BCUT2D eigenvalue weighted by Gasteiger charge is 2.40. The molecule has 0 saturated carbocycles. The number of carbonyl (C=O) groups is 3. The van der Waals surface area contributed by atoms with Crippen LogP contribution in [0.15, 0.2) is 42.5 Å². The summed E-state index contributed by atoms with van der Waals surface area (Å²) in [6, 6.07) is 13.2. The third kappa shape index (κ3) is 4.64. The molecular weight excluding hydrogens is 440 g/mol. The van der Waals surface area contributed by atoms with E-state index in [1.807, 2.05) is 47.4 Å². The van der Waals surface area contributed by atoms with Gasteiger partial charge in [0, 0.05) is 30.9 Å². The van der Waals surface area contributed by atoms with Crippen LogP contribution < -0.4 is 15.1 Å². The number of carbonyl (C=O) groups excluding carboxylic acids is 3. The van der Waals surface area contributed by atoms with Crippen molar-refractivity contribution in [3.63, 3.8) is 0 Å². The quantitative estimate of drug-likeness (QED) is 0.698. The number of likely N-dealkylation sites (tertiary alicyclic amines) is 1. The smallest absolute Gasteiger partial charge is 0.253 e. The molecule has 3 heterocycles. The third-order valence-electron chi connectivity index (χ3n) is 7.43. The number of amides is 3. The van der Waals surface area contributed by atoms with Crippen LogP contribution in [0.5, 0.6) is 0 Å². The summed E-state index contributed by atoms with van der Waals surface area (Å²) in [5.74, 6) is 0.0988. The van der Waals surface area contributed by atoms with E-state index >= 15 is 0 Å². The Labute approximate surface area is 207 Å². The first-order valence-electron chi connectivity index (χ1n) is 12.8. The van der Waals surface area contributed by atoms with Crippen molar-refractivity contribution in [2.75, 3.05) is 41.3 Å². The molecule has 0 unspecified atom stereocenters. The van der Waals surface area contributed by atoms with Crippen molar-refractivity contribution < 1.29 is 14.4 Å². The van der Waals surface area contributed by atoms with Crippen LogP contribution in [0.25, 0.3) is 0 Å². The molecule has 0 spiro atoms. The first kappa shape index (κ1) is 23.4. The van der Waals surface area contributed by atoms with Crippen molar-refractivity contribution in [3.05, 3.63) is 53.6 Å². The molecule has 0 aliphatic carbocycles. The molecule has 3 amide bonds. The zero-order chi connectivity index (χ0) is 24.5. The van der Waals surface area contributed by atoms with E-state index in [4.69, 9.17) is 0 Å². The number of benzene rings is 2. The van der Waals surface area contributed by atoms with Gasteiger partial charge in [0.2, 0.25) is 11.8 Å². The fraction of sp³-hybridized carbons (Fsp3) is 0.464. The minimum absolute atomic E-state index is 0.00633. The van der Waals surface area contributed by atoms with Gasteiger partial charge in [0.1, 0.15) is 12.6 Å². The second-order valence-electron chi connectivity index (χ2n) is 10.2. The van der Waals surface area contributed by atoms with Crippen LogP contribution in [-0.4, -0.2) is 54.8 Å². The van der Waals surface area contributed by atoms with E-state index < -0.39 is 0 Å². The normalized spacial score (nSPS) is 19.6. The van der Waals surface area contributed by atoms with Crippen LogP contribution in [0.3, 0.4) is 0 Å². The van der Waals surface area contributed by atoms with Gasteiger partial charge >= 0.3 is 0 Å². The minimum Gasteiger partial charge on any atom is -0.358 e. The lowest BCUT2D eigenvalue weighted by atomic mass is 9.95. The second-order valence-corrected chi connectivity index (χ2v) is 10.2. The lowest BCUT2D eigenvalue weighted by Crippen LogP contribution is -2.56. The molecule has 2 saturated heterocycles. The van der Waals surface area contributed by atoms with E-state index in [9.17, 15) is 14.4 Å². The fourth-order valence-corrected chi connectivity index (χ4v) is 5.45. The van der Waals surface area contributed by atoms with Gasteiger partial charge in [0.05, 0.1) is 11.4 Å². The maximum atomic E-state index is 13.6. The molecule has 7 heteroatoms. The van der Waals surface area contributed by atoms with Crippen molar-refractivity contribution >= 4 is 34.8 Å². The monoisotopic (exact) mass is 474 g/mol. The number of hydrogen-bond acceptors (Lipinski definition) is 4. The Morgan fingerprint density at radius 3 is 2.37 bits per heavy atom. The van der Waals surface area contributed by atoms with Crippen molar-refractivity contribution in [2.45, 2.75) is 57.9 Å². The summed E-state index contributed by atoms with van der Waals surface area (Å²) in [7, 11) is 0. The topological polar surface area (TPSA) is 73.0 Å². The summed E-state index contributed by atoms with van der Waals surface area (Å²) in [4.78, 5) is 45.3. The van der Waals surface area contributed by atoms with Crippen LogP contribution in [0.1, 0.15) is 67.8 Å². The summed E-state index contributed by atoms with van der Waals surface area (Å²) in [6.07, 6.45) is 4.85. The van der Waals surface area contributed by atoms with Gasteiger partial charge in [-0.25, -0.2) is 0 Å². The Hall–Kier alpha value is -3.35. The van der Waals surface area contributed by atoms with Gasteiger partial charge in [-0.1, -0.05) is 26.0 Å². The highest BCUT2D eigenvalue weighted by atomic mass is 16.2. The summed E-state index contributed by atoms with van der Waals surface area (Å²) in [5.41, 5.74) is 4.07.